The number of rotatable bonds is 3. The number of hydrogen-bond acceptors (Lipinski definition) is 4. The van der Waals surface area contributed by atoms with Crippen LogP contribution in [0.2, 0.25) is 5.02 Å². The second-order valence-electron chi connectivity index (χ2n) is 6.22. The summed E-state index contributed by atoms with van der Waals surface area (Å²) in [7, 11) is 0. The summed E-state index contributed by atoms with van der Waals surface area (Å²) >= 11 is 6.38. The molecule has 0 saturated heterocycles. The van der Waals surface area contributed by atoms with Crippen molar-refractivity contribution in [1.82, 2.24) is 19.9 Å². The lowest BCUT2D eigenvalue weighted by Crippen LogP contribution is -2.07. The highest BCUT2D eigenvalue weighted by Gasteiger charge is 2.19. The Labute approximate surface area is 160 Å². The number of pyridine rings is 3. The van der Waals surface area contributed by atoms with Gasteiger partial charge in [-0.3, -0.25) is 14.8 Å². The molecule has 134 valence electrons. The first-order valence-electron chi connectivity index (χ1n) is 8.36. The second-order valence-corrected chi connectivity index (χ2v) is 6.63. The number of aryl methyl sites for hydroxylation is 1. The molecule has 0 aliphatic rings. The molecule has 4 aromatic heterocycles. The van der Waals surface area contributed by atoms with E-state index in [0.29, 0.717) is 10.8 Å². The third-order valence-corrected chi connectivity index (χ3v) is 4.47. The molecule has 0 fully saturated rings. The minimum Gasteiger partial charge on any atom is -0.351 e. The Bertz CT molecular complexity index is 1150. The highest BCUT2D eigenvalue weighted by Crippen LogP contribution is 2.38. The lowest BCUT2D eigenvalue weighted by Gasteiger charge is -2.07. The second kappa shape index (κ2) is 6.81. The standard InChI is InChI=1S/C20H16ClN5O/c1-11-3-4-15(24-10-11)17-18(26-19-14(21)6-8-23-20(17)19)13-5-7-22-16(9-13)25-12(2)27/h3-10,26H,1-2H3,(H,22,25,27). The van der Waals surface area contributed by atoms with Gasteiger partial charge in [-0.15, -0.1) is 0 Å². The van der Waals surface area contributed by atoms with E-state index in [-0.39, 0.29) is 5.91 Å². The van der Waals surface area contributed by atoms with Crippen LogP contribution in [-0.2, 0) is 4.79 Å². The van der Waals surface area contributed by atoms with Crippen LogP contribution in [0.15, 0.2) is 48.9 Å². The number of aromatic nitrogens is 4. The smallest absolute Gasteiger partial charge is 0.222 e. The van der Waals surface area contributed by atoms with Gasteiger partial charge < -0.3 is 10.3 Å². The minimum atomic E-state index is -0.179. The van der Waals surface area contributed by atoms with Crippen molar-refractivity contribution in [2.24, 2.45) is 0 Å². The van der Waals surface area contributed by atoms with Crippen LogP contribution < -0.4 is 5.32 Å². The first-order valence-corrected chi connectivity index (χ1v) is 8.74. The van der Waals surface area contributed by atoms with E-state index in [1.54, 1.807) is 24.5 Å². The van der Waals surface area contributed by atoms with Gasteiger partial charge in [0.05, 0.1) is 33.0 Å². The third kappa shape index (κ3) is 3.27. The lowest BCUT2D eigenvalue weighted by molar-refractivity contribution is -0.114. The van der Waals surface area contributed by atoms with Crippen molar-refractivity contribution in [3.8, 4) is 22.5 Å². The van der Waals surface area contributed by atoms with Gasteiger partial charge in [-0.1, -0.05) is 17.7 Å². The van der Waals surface area contributed by atoms with Crippen molar-refractivity contribution in [3.63, 3.8) is 0 Å². The fraction of sp³-hybridized carbons (Fsp3) is 0.100. The molecule has 4 rings (SSSR count). The maximum Gasteiger partial charge on any atom is 0.222 e. The summed E-state index contributed by atoms with van der Waals surface area (Å²) in [5.41, 5.74) is 5.86. The fourth-order valence-electron chi connectivity index (χ4n) is 2.97. The summed E-state index contributed by atoms with van der Waals surface area (Å²) in [6.45, 7) is 3.44. The summed E-state index contributed by atoms with van der Waals surface area (Å²) < 4.78 is 0. The Morgan fingerprint density at radius 3 is 2.67 bits per heavy atom. The molecular formula is C20H16ClN5O. The van der Waals surface area contributed by atoms with Gasteiger partial charge in [-0.05, 0) is 36.8 Å². The number of halogens is 1. The van der Waals surface area contributed by atoms with Crippen molar-refractivity contribution in [2.75, 3.05) is 5.32 Å². The number of anilines is 1. The van der Waals surface area contributed by atoms with Gasteiger partial charge in [-0.25, -0.2) is 4.98 Å². The van der Waals surface area contributed by atoms with E-state index in [1.165, 1.54) is 6.92 Å². The van der Waals surface area contributed by atoms with Gasteiger partial charge in [-0.2, -0.15) is 0 Å². The summed E-state index contributed by atoms with van der Waals surface area (Å²) in [5.74, 6) is 0.293. The molecule has 7 heteroatoms. The highest BCUT2D eigenvalue weighted by molar-refractivity contribution is 6.35. The fourth-order valence-corrected chi connectivity index (χ4v) is 3.16. The zero-order chi connectivity index (χ0) is 19.0. The molecule has 4 aromatic rings. The van der Waals surface area contributed by atoms with Crippen LogP contribution in [0, 0.1) is 6.92 Å². The van der Waals surface area contributed by atoms with Crippen molar-refractivity contribution in [3.05, 3.63) is 59.5 Å². The predicted octanol–water partition coefficient (Wildman–Crippen LogP) is 4.61. The molecule has 0 radical (unpaired) electrons. The number of H-pyrrole nitrogens is 1. The van der Waals surface area contributed by atoms with Crippen LogP contribution in [0.25, 0.3) is 33.5 Å². The Morgan fingerprint density at radius 2 is 1.93 bits per heavy atom. The maximum absolute atomic E-state index is 11.4. The Morgan fingerprint density at radius 1 is 1.11 bits per heavy atom. The number of carbonyl (C=O) groups excluding carboxylic acids is 1. The van der Waals surface area contributed by atoms with Crippen LogP contribution in [0.4, 0.5) is 5.82 Å². The number of amides is 1. The minimum absolute atomic E-state index is 0.179. The molecule has 0 aromatic carbocycles. The van der Waals surface area contributed by atoms with Gasteiger partial charge in [0.2, 0.25) is 5.91 Å². The third-order valence-electron chi connectivity index (χ3n) is 4.16. The van der Waals surface area contributed by atoms with Crippen molar-refractivity contribution >= 4 is 34.4 Å². The van der Waals surface area contributed by atoms with Gasteiger partial charge in [0.25, 0.3) is 0 Å². The lowest BCUT2D eigenvalue weighted by atomic mass is 10.0. The van der Waals surface area contributed by atoms with E-state index >= 15 is 0 Å². The van der Waals surface area contributed by atoms with E-state index in [0.717, 1.165) is 39.1 Å². The van der Waals surface area contributed by atoms with Crippen molar-refractivity contribution in [2.45, 2.75) is 13.8 Å². The molecular weight excluding hydrogens is 362 g/mol. The first kappa shape index (κ1) is 17.2. The van der Waals surface area contributed by atoms with Crippen LogP contribution in [0.5, 0.6) is 0 Å². The molecule has 0 bridgehead atoms. The van der Waals surface area contributed by atoms with Crippen molar-refractivity contribution < 1.29 is 4.79 Å². The topological polar surface area (TPSA) is 83.6 Å². The molecule has 0 aliphatic heterocycles. The van der Waals surface area contributed by atoms with Gasteiger partial charge in [0.1, 0.15) is 5.82 Å². The molecule has 0 atom stereocenters. The number of nitrogens with zero attached hydrogens (tertiary/aromatic N) is 3. The molecule has 0 unspecified atom stereocenters. The van der Waals surface area contributed by atoms with E-state index in [1.807, 2.05) is 31.3 Å². The van der Waals surface area contributed by atoms with E-state index < -0.39 is 0 Å². The molecule has 6 nitrogen and oxygen atoms in total. The predicted molar refractivity (Wildman–Crippen MR) is 107 cm³/mol. The Hall–Kier alpha value is -3.25. The summed E-state index contributed by atoms with van der Waals surface area (Å²) in [4.78, 5) is 28.0. The van der Waals surface area contributed by atoms with Gasteiger partial charge in [0, 0.05) is 31.1 Å². The first-order chi connectivity index (χ1) is 13.0. The Kier molecular flexibility index (Phi) is 4.33. The number of nitrogens with one attached hydrogen (secondary N) is 2. The zero-order valence-electron chi connectivity index (χ0n) is 14.7. The molecule has 0 saturated carbocycles. The zero-order valence-corrected chi connectivity index (χ0v) is 15.5. The van der Waals surface area contributed by atoms with Crippen LogP contribution in [-0.4, -0.2) is 25.8 Å². The van der Waals surface area contributed by atoms with Crippen LogP contribution in [0.3, 0.4) is 0 Å². The maximum atomic E-state index is 11.4. The number of hydrogen-bond donors (Lipinski definition) is 2. The SMILES string of the molecule is CC(=O)Nc1cc(-c2[nH]c3c(Cl)ccnc3c2-c2ccc(C)cn2)ccn1. The monoisotopic (exact) mass is 377 g/mol. The van der Waals surface area contributed by atoms with Gasteiger partial charge in [0.15, 0.2) is 0 Å². The van der Waals surface area contributed by atoms with Crippen LogP contribution >= 0.6 is 11.6 Å². The normalized spacial score (nSPS) is 10.9. The summed E-state index contributed by atoms with van der Waals surface area (Å²) in [5, 5.41) is 3.28. The van der Waals surface area contributed by atoms with E-state index in [2.05, 4.69) is 25.3 Å². The molecule has 0 spiro atoms. The van der Waals surface area contributed by atoms with E-state index in [4.69, 9.17) is 11.6 Å². The number of aromatic amines is 1. The molecule has 2 N–H and O–H groups in total. The average Bonchev–Trinajstić information content (AvgIpc) is 3.03. The molecule has 4 heterocycles. The summed E-state index contributed by atoms with van der Waals surface area (Å²) in [6, 6.07) is 9.37. The molecule has 0 aliphatic carbocycles. The van der Waals surface area contributed by atoms with E-state index in [9.17, 15) is 4.79 Å². The largest absolute Gasteiger partial charge is 0.351 e. The highest BCUT2D eigenvalue weighted by atomic mass is 35.5. The van der Waals surface area contributed by atoms with Crippen molar-refractivity contribution in [1.29, 1.82) is 0 Å². The number of fused-ring (bicyclic) bond motifs is 1. The molecule has 1 amide bonds. The number of carbonyl (C=O) groups is 1. The summed E-state index contributed by atoms with van der Waals surface area (Å²) in [6.07, 6.45) is 5.14. The van der Waals surface area contributed by atoms with Gasteiger partial charge >= 0.3 is 0 Å². The molecule has 27 heavy (non-hydrogen) atoms. The quantitative estimate of drug-likeness (QED) is 0.546. The Balaban J connectivity index is 1.98. The average molecular weight is 378 g/mol. The van der Waals surface area contributed by atoms with Crippen LogP contribution in [0.1, 0.15) is 12.5 Å².